The number of carbonyl (C=O) groups is 1. The number of nitrogens with one attached hydrogen (secondary N) is 2. The molecule has 0 atom stereocenters. The van der Waals surface area contributed by atoms with Crippen molar-refractivity contribution in [3.05, 3.63) is 47.5 Å². The van der Waals surface area contributed by atoms with Crippen molar-refractivity contribution in [3.8, 4) is 0 Å². The molecule has 0 saturated carbocycles. The van der Waals surface area contributed by atoms with E-state index in [9.17, 15) is 4.79 Å². The maximum absolute atomic E-state index is 12.5. The number of likely N-dealkylation sites (N-methyl/N-ethyl adjacent to an activating group) is 1. The number of nitrogens with zero attached hydrogens (tertiary/aromatic N) is 5. The number of benzene rings is 1. The Kier molecular flexibility index (Phi) is 7.10. The second-order valence-corrected chi connectivity index (χ2v) is 8.67. The number of piperazine rings is 1. The van der Waals surface area contributed by atoms with Crippen molar-refractivity contribution in [2.24, 2.45) is 5.73 Å². The van der Waals surface area contributed by atoms with Crippen molar-refractivity contribution < 1.29 is 4.79 Å². The molecule has 1 fully saturated rings. The largest absolute Gasteiger partial charge is 0.394 e. The van der Waals surface area contributed by atoms with Crippen molar-refractivity contribution in [3.63, 3.8) is 0 Å². The van der Waals surface area contributed by atoms with E-state index in [2.05, 4.69) is 55.3 Å². The van der Waals surface area contributed by atoms with Gasteiger partial charge in [-0.15, -0.1) is 0 Å². The first-order valence-electron chi connectivity index (χ1n) is 11.6. The van der Waals surface area contributed by atoms with Crippen LogP contribution < -0.4 is 21.3 Å². The SMILES string of the molecule is CCN1/C(=C(\N)c2nc(NC(=O)CCCN3CCN(C)CC3)ncc2C)Nc2ccccc21. The average Bonchev–Trinajstić information content (AvgIpc) is 3.20. The third-order valence-electron chi connectivity index (χ3n) is 6.24. The average molecular weight is 451 g/mol. The molecule has 0 spiro atoms. The molecular weight excluding hydrogens is 416 g/mol. The zero-order chi connectivity index (χ0) is 23.4. The van der Waals surface area contributed by atoms with Gasteiger partial charge in [0, 0.05) is 45.3 Å². The van der Waals surface area contributed by atoms with Crippen molar-refractivity contribution in [1.82, 2.24) is 19.8 Å². The number of aromatic nitrogens is 2. The van der Waals surface area contributed by atoms with Gasteiger partial charge in [-0.1, -0.05) is 12.1 Å². The highest BCUT2D eigenvalue weighted by Crippen LogP contribution is 2.37. The summed E-state index contributed by atoms with van der Waals surface area (Å²) in [4.78, 5) is 28.2. The lowest BCUT2D eigenvalue weighted by Crippen LogP contribution is -2.44. The van der Waals surface area contributed by atoms with Crippen LogP contribution in [-0.2, 0) is 4.79 Å². The Morgan fingerprint density at radius 2 is 1.97 bits per heavy atom. The smallest absolute Gasteiger partial charge is 0.230 e. The number of amides is 1. The van der Waals surface area contributed by atoms with Crippen LogP contribution in [0.3, 0.4) is 0 Å². The van der Waals surface area contributed by atoms with E-state index in [0.29, 0.717) is 17.8 Å². The third kappa shape index (κ3) is 5.26. The summed E-state index contributed by atoms with van der Waals surface area (Å²) in [6.07, 6.45) is 2.96. The van der Waals surface area contributed by atoms with Gasteiger partial charge in [-0.3, -0.25) is 10.1 Å². The van der Waals surface area contributed by atoms with Gasteiger partial charge in [0.15, 0.2) is 0 Å². The molecule has 0 aliphatic carbocycles. The molecule has 1 saturated heterocycles. The molecule has 9 heteroatoms. The number of nitrogens with two attached hydrogens (primary N) is 1. The minimum absolute atomic E-state index is 0.0771. The van der Waals surface area contributed by atoms with Gasteiger partial charge >= 0.3 is 0 Å². The van der Waals surface area contributed by atoms with Gasteiger partial charge in [0.25, 0.3) is 0 Å². The van der Waals surface area contributed by atoms with Crippen molar-refractivity contribution in [1.29, 1.82) is 0 Å². The maximum Gasteiger partial charge on any atom is 0.230 e. The van der Waals surface area contributed by atoms with Gasteiger partial charge in [0.05, 0.1) is 22.8 Å². The van der Waals surface area contributed by atoms with Crippen LogP contribution in [0.2, 0.25) is 0 Å². The van der Waals surface area contributed by atoms with Gasteiger partial charge in [0.1, 0.15) is 5.82 Å². The molecule has 1 amide bonds. The van der Waals surface area contributed by atoms with Crippen LogP contribution in [0, 0.1) is 6.92 Å². The zero-order valence-electron chi connectivity index (χ0n) is 19.8. The summed E-state index contributed by atoms with van der Waals surface area (Å²) >= 11 is 0. The highest BCUT2D eigenvalue weighted by Gasteiger charge is 2.26. The second-order valence-electron chi connectivity index (χ2n) is 8.67. The normalized spacial score (nSPS) is 18.1. The molecule has 2 aromatic rings. The van der Waals surface area contributed by atoms with Gasteiger partial charge in [0.2, 0.25) is 11.9 Å². The molecule has 0 radical (unpaired) electrons. The Balaban J connectivity index is 1.41. The Hall–Kier alpha value is -3.17. The summed E-state index contributed by atoms with van der Waals surface area (Å²) in [5.41, 5.74) is 10.7. The van der Waals surface area contributed by atoms with E-state index >= 15 is 0 Å². The Morgan fingerprint density at radius 3 is 2.73 bits per heavy atom. The van der Waals surface area contributed by atoms with E-state index in [0.717, 1.165) is 68.4 Å². The van der Waals surface area contributed by atoms with Gasteiger partial charge in [-0.05, 0) is 51.6 Å². The molecule has 1 aromatic heterocycles. The molecule has 9 nitrogen and oxygen atoms in total. The minimum atomic E-state index is -0.0771. The lowest BCUT2D eigenvalue weighted by molar-refractivity contribution is -0.116. The second kappa shape index (κ2) is 10.2. The highest BCUT2D eigenvalue weighted by atomic mass is 16.1. The molecule has 0 unspecified atom stereocenters. The molecule has 0 bridgehead atoms. The summed E-state index contributed by atoms with van der Waals surface area (Å²) in [5.74, 6) is 0.999. The quantitative estimate of drug-likeness (QED) is 0.591. The van der Waals surface area contributed by atoms with Crippen molar-refractivity contribution in [2.45, 2.75) is 26.7 Å². The standard InChI is InChI=1S/C24H34N8O/c1-4-32-19-9-6-5-8-18(19)27-23(32)21(25)22-17(2)16-26-24(29-22)28-20(33)10-7-11-31-14-12-30(3)13-15-31/h5-6,8-9,16,27H,4,7,10-15,25H2,1-3H3,(H,26,28,29,33)/b23-21-. The van der Waals surface area contributed by atoms with Crippen LogP contribution in [0.15, 0.2) is 36.3 Å². The van der Waals surface area contributed by atoms with Crippen molar-refractivity contribution in [2.75, 3.05) is 61.8 Å². The molecular formula is C24H34N8O. The van der Waals surface area contributed by atoms with Gasteiger partial charge in [-0.2, -0.15) is 0 Å². The first kappa shape index (κ1) is 23.0. The Labute approximate surface area is 195 Å². The topological polar surface area (TPSA) is 103 Å². The molecule has 4 N–H and O–H groups in total. The van der Waals surface area contributed by atoms with Crippen molar-refractivity contribution >= 4 is 28.9 Å². The number of aryl methyl sites for hydroxylation is 1. The van der Waals surface area contributed by atoms with Crippen LogP contribution in [0.25, 0.3) is 5.70 Å². The number of para-hydroxylation sites is 2. The molecule has 4 rings (SSSR count). The van der Waals surface area contributed by atoms with Crippen LogP contribution in [-0.4, -0.2) is 72.0 Å². The zero-order valence-corrected chi connectivity index (χ0v) is 19.8. The number of hydrogen-bond acceptors (Lipinski definition) is 8. The third-order valence-corrected chi connectivity index (χ3v) is 6.24. The minimum Gasteiger partial charge on any atom is -0.394 e. The first-order chi connectivity index (χ1) is 16.0. The molecule has 2 aliphatic heterocycles. The number of carbonyl (C=O) groups excluding carboxylic acids is 1. The fourth-order valence-corrected chi connectivity index (χ4v) is 4.28. The van der Waals surface area contributed by atoms with Crippen LogP contribution in [0.4, 0.5) is 17.3 Å². The number of hydrogen-bond donors (Lipinski definition) is 3. The fraction of sp³-hybridized carbons (Fsp3) is 0.458. The van der Waals surface area contributed by atoms with Gasteiger partial charge < -0.3 is 25.8 Å². The van der Waals surface area contributed by atoms with Gasteiger partial charge in [-0.25, -0.2) is 9.97 Å². The first-order valence-corrected chi connectivity index (χ1v) is 11.6. The van der Waals surface area contributed by atoms with E-state index in [4.69, 9.17) is 5.73 Å². The summed E-state index contributed by atoms with van der Waals surface area (Å²) < 4.78 is 0. The lowest BCUT2D eigenvalue weighted by atomic mass is 10.2. The van der Waals surface area contributed by atoms with Crippen LogP contribution >= 0.6 is 0 Å². The maximum atomic E-state index is 12.5. The highest BCUT2D eigenvalue weighted by molar-refractivity contribution is 5.89. The van der Waals surface area contributed by atoms with Crippen LogP contribution in [0.1, 0.15) is 31.0 Å². The van der Waals surface area contributed by atoms with E-state index in [1.165, 1.54) is 0 Å². The predicted octanol–water partition coefficient (Wildman–Crippen LogP) is 2.29. The Morgan fingerprint density at radius 1 is 1.21 bits per heavy atom. The summed E-state index contributed by atoms with van der Waals surface area (Å²) in [5, 5.41) is 6.25. The lowest BCUT2D eigenvalue weighted by Gasteiger charge is -2.32. The van der Waals surface area contributed by atoms with E-state index in [1.54, 1.807) is 6.20 Å². The van der Waals surface area contributed by atoms with E-state index in [1.807, 2.05) is 25.1 Å². The number of fused-ring (bicyclic) bond motifs is 1. The van der Waals surface area contributed by atoms with E-state index in [-0.39, 0.29) is 11.9 Å². The predicted molar refractivity (Wildman–Crippen MR) is 133 cm³/mol. The summed E-state index contributed by atoms with van der Waals surface area (Å²) in [7, 11) is 2.14. The van der Waals surface area contributed by atoms with E-state index < -0.39 is 0 Å². The van der Waals surface area contributed by atoms with Crippen LogP contribution in [0.5, 0.6) is 0 Å². The summed E-state index contributed by atoms with van der Waals surface area (Å²) in [6, 6.07) is 8.09. The number of anilines is 3. The summed E-state index contributed by atoms with van der Waals surface area (Å²) in [6.45, 7) is 9.98. The molecule has 2 aliphatic rings. The number of rotatable bonds is 7. The fourth-order valence-electron chi connectivity index (χ4n) is 4.28. The molecule has 176 valence electrons. The monoisotopic (exact) mass is 450 g/mol. The molecule has 3 heterocycles. The molecule has 33 heavy (non-hydrogen) atoms. The molecule has 1 aromatic carbocycles. The Bertz CT molecular complexity index is 1030.